The Bertz CT molecular complexity index is 772. The highest BCUT2D eigenvalue weighted by atomic mass is 28.3. The molecular weight excluding hydrogens is 420 g/mol. The third-order valence-corrected chi connectivity index (χ3v) is 7.67. The van der Waals surface area contributed by atoms with E-state index in [1.165, 1.54) is 6.07 Å². The molecule has 31 heavy (non-hydrogen) atoms. The van der Waals surface area contributed by atoms with Crippen LogP contribution >= 0.6 is 0 Å². The lowest BCUT2D eigenvalue weighted by atomic mass is 9.57. The Hall–Kier alpha value is -1.48. The van der Waals surface area contributed by atoms with E-state index in [1.807, 2.05) is 20.8 Å². The van der Waals surface area contributed by atoms with Crippen molar-refractivity contribution < 1.29 is 23.0 Å². The molecule has 1 spiro atoms. The summed E-state index contributed by atoms with van der Waals surface area (Å²) in [4.78, 5) is 13.9. The molecule has 1 aromatic rings. The highest BCUT2D eigenvalue weighted by molar-refractivity contribution is 6.76. The number of carbonyl (C=O) groups is 1. The number of aromatic nitrogens is 2. The summed E-state index contributed by atoms with van der Waals surface area (Å²) in [6.07, 6.45) is -0.123. The lowest BCUT2D eigenvalue weighted by Crippen LogP contribution is -2.64. The van der Waals surface area contributed by atoms with Gasteiger partial charge >= 0.3 is 6.09 Å². The predicted molar refractivity (Wildman–Crippen MR) is 118 cm³/mol. The third-order valence-electron chi connectivity index (χ3n) is 5.96. The van der Waals surface area contributed by atoms with Crippen LogP contribution in [0.2, 0.25) is 25.7 Å². The minimum atomic E-state index is -2.58. The second-order valence-corrected chi connectivity index (χ2v) is 17.1. The number of ether oxygens (including phenoxy) is 2. The van der Waals surface area contributed by atoms with Gasteiger partial charge in [0, 0.05) is 38.9 Å². The second kappa shape index (κ2) is 8.81. The van der Waals surface area contributed by atoms with Crippen molar-refractivity contribution in [2.45, 2.75) is 84.5 Å². The van der Waals surface area contributed by atoms with Crippen LogP contribution in [0.3, 0.4) is 0 Å². The van der Waals surface area contributed by atoms with Crippen LogP contribution in [0.25, 0.3) is 0 Å². The van der Waals surface area contributed by atoms with E-state index in [0.717, 1.165) is 37.7 Å². The van der Waals surface area contributed by atoms with Crippen LogP contribution in [0.4, 0.5) is 13.6 Å². The standard InChI is InChI=1S/C22H37F2N3O3Si/c1-21(2,3)30-20(28)26-13-22(14-26)11-16(12-22)9-17-10-18(19(23)24)25-27(17)15-29-7-8-31(4,5)6/h10,16,19H,7-9,11-15H2,1-6H3. The average Bonchev–Trinajstić information content (AvgIpc) is 2.93. The zero-order valence-electron chi connectivity index (χ0n) is 19.7. The first-order valence-electron chi connectivity index (χ1n) is 11.2. The summed E-state index contributed by atoms with van der Waals surface area (Å²) in [6, 6.07) is 2.55. The minimum absolute atomic E-state index is 0.172. The number of halogens is 2. The van der Waals surface area contributed by atoms with E-state index in [2.05, 4.69) is 24.7 Å². The topological polar surface area (TPSA) is 56.6 Å². The Morgan fingerprint density at radius 2 is 1.94 bits per heavy atom. The summed E-state index contributed by atoms with van der Waals surface area (Å²) < 4.78 is 39.2. The van der Waals surface area contributed by atoms with Crippen LogP contribution in [0.1, 0.15) is 51.4 Å². The number of rotatable bonds is 8. The Morgan fingerprint density at radius 3 is 2.48 bits per heavy atom. The molecular formula is C22H37F2N3O3Si. The Balaban J connectivity index is 1.49. The first kappa shape index (κ1) is 24.2. The largest absolute Gasteiger partial charge is 0.444 e. The van der Waals surface area contributed by atoms with Gasteiger partial charge in [-0.1, -0.05) is 19.6 Å². The number of amides is 1. The maximum absolute atomic E-state index is 13.2. The first-order valence-corrected chi connectivity index (χ1v) is 14.9. The van der Waals surface area contributed by atoms with Gasteiger partial charge in [0.25, 0.3) is 6.43 Å². The molecule has 0 atom stereocenters. The molecule has 2 heterocycles. The van der Waals surface area contributed by atoms with Crippen LogP contribution < -0.4 is 0 Å². The normalized spacial score (nSPS) is 18.9. The predicted octanol–water partition coefficient (Wildman–Crippen LogP) is 5.32. The van der Waals surface area contributed by atoms with E-state index in [-0.39, 0.29) is 23.9 Å². The fourth-order valence-electron chi connectivity index (χ4n) is 4.47. The van der Waals surface area contributed by atoms with Crippen molar-refractivity contribution >= 4 is 14.2 Å². The molecule has 1 aromatic heterocycles. The van der Waals surface area contributed by atoms with Crippen molar-refractivity contribution in [3.8, 4) is 0 Å². The molecule has 0 radical (unpaired) electrons. The summed E-state index contributed by atoms with van der Waals surface area (Å²) in [5.41, 5.74) is 0.315. The highest BCUT2D eigenvalue weighted by Gasteiger charge is 2.54. The van der Waals surface area contributed by atoms with Gasteiger partial charge in [0.15, 0.2) is 0 Å². The molecule has 0 aromatic carbocycles. The SMILES string of the molecule is CC(C)(C)OC(=O)N1CC2(CC(Cc3cc(C(F)F)nn3COCC[Si](C)(C)C)C2)C1. The van der Waals surface area contributed by atoms with Crippen molar-refractivity contribution in [2.75, 3.05) is 19.7 Å². The maximum atomic E-state index is 13.2. The van der Waals surface area contributed by atoms with Gasteiger partial charge in [-0.25, -0.2) is 18.3 Å². The summed E-state index contributed by atoms with van der Waals surface area (Å²) in [5.74, 6) is 0.420. The molecule has 1 aliphatic heterocycles. The number of nitrogens with zero attached hydrogens (tertiary/aromatic N) is 3. The zero-order chi connectivity index (χ0) is 23.0. The lowest BCUT2D eigenvalue weighted by molar-refractivity contribution is -0.0952. The smallest absolute Gasteiger partial charge is 0.410 e. The summed E-state index contributed by atoms with van der Waals surface area (Å²) in [6.45, 7) is 14.7. The van der Waals surface area contributed by atoms with Crippen LogP contribution in [0.15, 0.2) is 6.07 Å². The molecule has 0 bridgehead atoms. The Morgan fingerprint density at radius 1 is 1.29 bits per heavy atom. The molecule has 1 amide bonds. The number of hydrogen-bond acceptors (Lipinski definition) is 4. The van der Waals surface area contributed by atoms with E-state index in [9.17, 15) is 13.6 Å². The monoisotopic (exact) mass is 457 g/mol. The van der Waals surface area contributed by atoms with E-state index in [4.69, 9.17) is 9.47 Å². The third kappa shape index (κ3) is 6.51. The molecule has 1 saturated carbocycles. The molecule has 1 saturated heterocycles. The highest BCUT2D eigenvalue weighted by Crippen LogP contribution is 2.53. The van der Waals surface area contributed by atoms with Crippen LogP contribution in [-0.4, -0.2) is 54.1 Å². The van der Waals surface area contributed by atoms with Crippen molar-refractivity contribution in [1.82, 2.24) is 14.7 Å². The van der Waals surface area contributed by atoms with Crippen molar-refractivity contribution in [1.29, 1.82) is 0 Å². The molecule has 2 aliphatic rings. The van der Waals surface area contributed by atoms with Crippen LogP contribution in [0, 0.1) is 11.3 Å². The molecule has 0 N–H and O–H groups in total. The number of likely N-dealkylation sites (tertiary alicyclic amines) is 1. The summed E-state index contributed by atoms with van der Waals surface area (Å²) >= 11 is 0. The Labute approximate surface area is 185 Å². The van der Waals surface area contributed by atoms with Gasteiger partial charge in [0.2, 0.25) is 0 Å². The van der Waals surface area contributed by atoms with Gasteiger partial charge in [-0.3, -0.25) is 0 Å². The van der Waals surface area contributed by atoms with Gasteiger partial charge in [-0.15, -0.1) is 0 Å². The molecule has 3 rings (SSSR count). The average molecular weight is 458 g/mol. The summed E-state index contributed by atoms with van der Waals surface area (Å²) in [7, 11) is -1.20. The maximum Gasteiger partial charge on any atom is 0.410 e. The molecule has 9 heteroatoms. The summed E-state index contributed by atoms with van der Waals surface area (Å²) in [5, 5.41) is 4.08. The van der Waals surface area contributed by atoms with E-state index >= 15 is 0 Å². The van der Waals surface area contributed by atoms with Crippen LogP contribution in [0.5, 0.6) is 0 Å². The fourth-order valence-corrected chi connectivity index (χ4v) is 5.23. The molecule has 0 unspecified atom stereocenters. The van der Waals surface area contributed by atoms with Gasteiger partial charge in [0.05, 0.1) is 0 Å². The first-order chi connectivity index (χ1) is 14.3. The fraction of sp³-hybridized carbons (Fsp3) is 0.818. The molecule has 176 valence electrons. The van der Waals surface area contributed by atoms with Crippen molar-refractivity contribution in [3.05, 3.63) is 17.5 Å². The van der Waals surface area contributed by atoms with Gasteiger partial charge in [0.1, 0.15) is 18.0 Å². The van der Waals surface area contributed by atoms with E-state index in [0.29, 0.717) is 18.9 Å². The van der Waals surface area contributed by atoms with E-state index in [1.54, 1.807) is 9.58 Å². The number of carbonyl (C=O) groups excluding carboxylic acids is 1. The number of hydrogen-bond donors (Lipinski definition) is 0. The van der Waals surface area contributed by atoms with Crippen LogP contribution in [-0.2, 0) is 22.6 Å². The Kier molecular flexibility index (Phi) is 6.86. The molecule has 1 aliphatic carbocycles. The van der Waals surface area contributed by atoms with E-state index < -0.39 is 20.1 Å². The minimum Gasteiger partial charge on any atom is -0.444 e. The van der Waals surface area contributed by atoms with Crippen molar-refractivity contribution in [2.24, 2.45) is 11.3 Å². The molecule has 6 nitrogen and oxygen atoms in total. The second-order valence-electron chi connectivity index (χ2n) is 11.5. The molecule has 2 fully saturated rings. The van der Waals surface area contributed by atoms with Gasteiger partial charge in [-0.2, -0.15) is 5.10 Å². The van der Waals surface area contributed by atoms with Gasteiger partial charge < -0.3 is 14.4 Å². The number of alkyl halides is 2. The zero-order valence-corrected chi connectivity index (χ0v) is 20.7. The van der Waals surface area contributed by atoms with Gasteiger partial charge in [-0.05, 0) is 58.1 Å². The lowest BCUT2D eigenvalue weighted by Gasteiger charge is -2.58. The van der Waals surface area contributed by atoms with Crippen molar-refractivity contribution in [3.63, 3.8) is 0 Å². The quantitative estimate of drug-likeness (QED) is 0.391.